The van der Waals surface area contributed by atoms with E-state index in [0.717, 1.165) is 25.5 Å². The van der Waals surface area contributed by atoms with Gasteiger partial charge in [-0.1, -0.05) is 40.5 Å². The summed E-state index contributed by atoms with van der Waals surface area (Å²) in [5, 5.41) is 3.73. The Morgan fingerprint density at radius 2 is 1.65 bits per heavy atom. The van der Waals surface area contributed by atoms with Crippen molar-refractivity contribution in [2.24, 2.45) is 11.8 Å². The largest absolute Gasteiger partial charge is 0.385 e. The van der Waals surface area contributed by atoms with Crippen LogP contribution in [0.1, 0.15) is 59.8 Å². The van der Waals surface area contributed by atoms with Gasteiger partial charge in [-0.05, 0) is 37.6 Å². The van der Waals surface area contributed by atoms with E-state index >= 15 is 0 Å². The minimum atomic E-state index is 0.650. The molecule has 0 rings (SSSR count). The molecule has 0 aromatic heterocycles. The Bertz CT molecular complexity index is 147. The third-order valence-corrected chi connectivity index (χ3v) is 3.65. The van der Waals surface area contributed by atoms with E-state index in [1.165, 1.54) is 25.7 Å². The maximum atomic E-state index is 5.20. The molecule has 3 unspecified atom stereocenters. The van der Waals surface area contributed by atoms with E-state index in [1.807, 2.05) is 0 Å². The van der Waals surface area contributed by atoms with Crippen molar-refractivity contribution in [1.29, 1.82) is 0 Å². The smallest absolute Gasteiger partial charge is 0.0465 e. The highest BCUT2D eigenvalue weighted by Gasteiger charge is 2.22. The lowest BCUT2D eigenvalue weighted by atomic mass is 9.85. The zero-order chi connectivity index (χ0) is 13.1. The van der Waals surface area contributed by atoms with Crippen LogP contribution in [0.4, 0.5) is 0 Å². The monoisotopic (exact) mass is 243 g/mol. The molecule has 0 amide bonds. The predicted octanol–water partition coefficient (Wildman–Crippen LogP) is 3.85. The standard InChI is InChI=1S/C15H33NO/c1-6-8-9-13(3)15(16-11-7-2)14(4)10-12-17-5/h13-16H,6-12H2,1-5H3. The molecule has 2 nitrogen and oxygen atoms in total. The van der Waals surface area contributed by atoms with Gasteiger partial charge < -0.3 is 10.1 Å². The van der Waals surface area contributed by atoms with Gasteiger partial charge in [0.15, 0.2) is 0 Å². The highest BCUT2D eigenvalue weighted by atomic mass is 16.5. The van der Waals surface area contributed by atoms with Gasteiger partial charge in [-0.25, -0.2) is 0 Å². The first kappa shape index (κ1) is 16.9. The van der Waals surface area contributed by atoms with Crippen LogP contribution in [-0.4, -0.2) is 26.3 Å². The van der Waals surface area contributed by atoms with E-state index in [4.69, 9.17) is 4.74 Å². The van der Waals surface area contributed by atoms with Gasteiger partial charge >= 0.3 is 0 Å². The van der Waals surface area contributed by atoms with Gasteiger partial charge in [0.2, 0.25) is 0 Å². The van der Waals surface area contributed by atoms with Crippen molar-refractivity contribution >= 4 is 0 Å². The number of methoxy groups -OCH3 is 1. The topological polar surface area (TPSA) is 21.3 Å². The molecule has 1 N–H and O–H groups in total. The van der Waals surface area contributed by atoms with Crippen LogP contribution >= 0.6 is 0 Å². The van der Waals surface area contributed by atoms with E-state index < -0.39 is 0 Å². The van der Waals surface area contributed by atoms with Crippen molar-refractivity contribution in [2.75, 3.05) is 20.3 Å². The van der Waals surface area contributed by atoms with Gasteiger partial charge in [0.25, 0.3) is 0 Å². The van der Waals surface area contributed by atoms with E-state index in [2.05, 4.69) is 33.0 Å². The normalized spacial score (nSPS) is 16.8. The summed E-state index contributed by atoms with van der Waals surface area (Å²) in [6.07, 6.45) is 6.37. The van der Waals surface area contributed by atoms with Crippen LogP contribution < -0.4 is 5.32 Å². The van der Waals surface area contributed by atoms with E-state index in [1.54, 1.807) is 7.11 Å². The SMILES string of the molecule is CCCCC(C)C(NCCC)C(C)CCOC. The molecular weight excluding hydrogens is 210 g/mol. The van der Waals surface area contributed by atoms with Gasteiger partial charge in [-0.2, -0.15) is 0 Å². The number of ether oxygens (including phenoxy) is 1. The Morgan fingerprint density at radius 1 is 1.00 bits per heavy atom. The molecule has 0 heterocycles. The van der Waals surface area contributed by atoms with Crippen LogP contribution in [0.2, 0.25) is 0 Å². The summed E-state index contributed by atoms with van der Waals surface area (Å²) < 4.78 is 5.20. The second-order valence-corrected chi connectivity index (χ2v) is 5.36. The molecule has 0 aromatic carbocycles. The fourth-order valence-electron chi connectivity index (χ4n) is 2.46. The van der Waals surface area contributed by atoms with Gasteiger partial charge in [-0.3, -0.25) is 0 Å². The average Bonchev–Trinajstić information content (AvgIpc) is 2.34. The van der Waals surface area contributed by atoms with Crippen LogP contribution in [0.3, 0.4) is 0 Å². The fraction of sp³-hybridized carbons (Fsp3) is 1.00. The van der Waals surface area contributed by atoms with Crippen molar-refractivity contribution in [3.05, 3.63) is 0 Å². The maximum absolute atomic E-state index is 5.20. The number of unbranched alkanes of at least 4 members (excludes halogenated alkanes) is 1. The summed E-state index contributed by atoms with van der Waals surface area (Å²) in [6, 6.07) is 0.650. The first-order valence-electron chi connectivity index (χ1n) is 7.39. The molecule has 0 aliphatic rings. The Hall–Kier alpha value is -0.0800. The summed E-state index contributed by atoms with van der Waals surface area (Å²) in [4.78, 5) is 0. The lowest BCUT2D eigenvalue weighted by Gasteiger charge is -2.31. The minimum absolute atomic E-state index is 0.650. The molecular formula is C15H33NO. The van der Waals surface area contributed by atoms with Crippen LogP contribution in [0.5, 0.6) is 0 Å². The van der Waals surface area contributed by atoms with Gasteiger partial charge in [0.1, 0.15) is 0 Å². The molecule has 104 valence electrons. The van der Waals surface area contributed by atoms with Crippen LogP contribution in [0.25, 0.3) is 0 Å². The van der Waals surface area contributed by atoms with Crippen molar-refractivity contribution in [1.82, 2.24) is 5.32 Å². The first-order chi connectivity index (χ1) is 8.17. The molecule has 0 fully saturated rings. The van der Waals surface area contributed by atoms with Gasteiger partial charge in [-0.15, -0.1) is 0 Å². The van der Waals surface area contributed by atoms with Crippen LogP contribution in [0, 0.1) is 11.8 Å². The lowest BCUT2D eigenvalue weighted by Crippen LogP contribution is -2.41. The Labute approximate surface area is 109 Å². The molecule has 0 saturated heterocycles. The summed E-state index contributed by atoms with van der Waals surface area (Å²) in [7, 11) is 1.79. The summed E-state index contributed by atoms with van der Waals surface area (Å²) in [6.45, 7) is 11.3. The Kier molecular flexibility index (Phi) is 11.0. The molecule has 2 heteroatoms. The minimum Gasteiger partial charge on any atom is -0.385 e. The second kappa shape index (κ2) is 11.0. The molecule has 0 spiro atoms. The lowest BCUT2D eigenvalue weighted by molar-refractivity contribution is 0.158. The number of nitrogens with one attached hydrogen (secondary N) is 1. The van der Waals surface area contributed by atoms with Crippen LogP contribution in [0.15, 0.2) is 0 Å². The van der Waals surface area contributed by atoms with E-state index in [-0.39, 0.29) is 0 Å². The van der Waals surface area contributed by atoms with Gasteiger partial charge in [0, 0.05) is 19.8 Å². The highest BCUT2D eigenvalue weighted by molar-refractivity contribution is 4.78. The zero-order valence-corrected chi connectivity index (χ0v) is 12.6. The Balaban J connectivity index is 4.17. The van der Waals surface area contributed by atoms with Crippen molar-refractivity contribution in [2.45, 2.75) is 65.8 Å². The molecule has 0 aliphatic carbocycles. The average molecular weight is 243 g/mol. The number of rotatable bonds is 11. The second-order valence-electron chi connectivity index (χ2n) is 5.36. The van der Waals surface area contributed by atoms with Gasteiger partial charge in [0.05, 0.1) is 0 Å². The maximum Gasteiger partial charge on any atom is 0.0465 e. The van der Waals surface area contributed by atoms with Crippen molar-refractivity contribution in [3.8, 4) is 0 Å². The Morgan fingerprint density at radius 3 is 2.18 bits per heavy atom. The third kappa shape index (κ3) is 7.77. The molecule has 3 atom stereocenters. The number of hydrogen-bond acceptors (Lipinski definition) is 2. The molecule has 0 saturated carbocycles. The van der Waals surface area contributed by atoms with Crippen molar-refractivity contribution < 1.29 is 4.74 Å². The first-order valence-corrected chi connectivity index (χ1v) is 7.39. The molecule has 0 bridgehead atoms. The van der Waals surface area contributed by atoms with E-state index in [0.29, 0.717) is 12.0 Å². The summed E-state index contributed by atoms with van der Waals surface area (Å²) in [5.41, 5.74) is 0. The quantitative estimate of drug-likeness (QED) is 0.595. The zero-order valence-electron chi connectivity index (χ0n) is 12.6. The van der Waals surface area contributed by atoms with Crippen molar-refractivity contribution in [3.63, 3.8) is 0 Å². The molecule has 0 aromatic rings. The molecule has 0 radical (unpaired) electrons. The predicted molar refractivity (Wildman–Crippen MR) is 76.4 cm³/mol. The number of hydrogen-bond donors (Lipinski definition) is 1. The van der Waals surface area contributed by atoms with Crippen LogP contribution in [-0.2, 0) is 4.74 Å². The molecule has 17 heavy (non-hydrogen) atoms. The summed E-state index contributed by atoms with van der Waals surface area (Å²) in [5.74, 6) is 1.47. The highest BCUT2D eigenvalue weighted by Crippen LogP contribution is 2.21. The van der Waals surface area contributed by atoms with E-state index in [9.17, 15) is 0 Å². The third-order valence-electron chi connectivity index (χ3n) is 3.65. The fourth-order valence-corrected chi connectivity index (χ4v) is 2.46. The molecule has 0 aliphatic heterocycles. The summed E-state index contributed by atoms with van der Waals surface area (Å²) >= 11 is 0.